The van der Waals surface area contributed by atoms with Crippen LogP contribution in [0.1, 0.15) is 36.5 Å². The van der Waals surface area contributed by atoms with Crippen LogP contribution < -0.4 is 0 Å². The molecule has 0 amide bonds. The molecule has 0 N–H and O–H groups in total. The van der Waals surface area contributed by atoms with Crippen LogP contribution in [0.5, 0.6) is 0 Å². The van der Waals surface area contributed by atoms with Gasteiger partial charge < -0.3 is 0 Å². The van der Waals surface area contributed by atoms with E-state index < -0.39 is 18.9 Å². The number of benzene rings is 4. The summed E-state index contributed by atoms with van der Waals surface area (Å²) in [5.41, 5.74) is 3.83. The van der Waals surface area contributed by atoms with Gasteiger partial charge in [0.15, 0.2) is 0 Å². The molecule has 0 bridgehead atoms. The summed E-state index contributed by atoms with van der Waals surface area (Å²) in [6, 6.07) is 47.9. The fraction of sp³-hybridized carbons (Fsp3) is 0.114. The molecular weight excluding hydrogens is 583 g/mol. The molecule has 192 valence electrons. The van der Waals surface area contributed by atoms with Gasteiger partial charge in [0.25, 0.3) is 0 Å². The van der Waals surface area contributed by atoms with Crippen molar-refractivity contribution in [2.45, 2.75) is 26.2 Å². The summed E-state index contributed by atoms with van der Waals surface area (Å²) in [5.74, 6) is 0. The third-order valence-corrected chi connectivity index (χ3v) is 11.0. The van der Waals surface area contributed by atoms with Gasteiger partial charge in [-0.15, -0.1) is 39.2 Å². The molecule has 6 rings (SSSR count). The van der Waals surface area contributed by atoms with Gasteiger partial charge in [0.05, 0.1) is 0 Å². The fourth-order valence-corrected chi connectivity index (χ4v) is 9.12. The second-order valence-corrected chi connectivity index (χ2v) is 17.1. The molecule has 0 aliphatic heterocycles. The van der Waals surface area contributed by atoms with Crippen LogP contribution >= 0.6 is 17.0 Å². The normalized spacial score (nSPS) is 10.3. The van der Waals surface area contributed by atoms with Crippen molar-refractivity contribution in [2.75, 3.05) is 0 Å². The van der Waals surface area contributed by atoms with Crippen LogP contribution in [-0.2, 0) is 25.3 Å². The number of unbranched alkanes of at least 4 members (excludes halogenated alkanes) is 1. The van der Waals surface area contributed by atoms with Crippen molar-refractivity contribution in [2.24, 2.45) is 0 Å². The van der Waals surface area contributed by atoms with Gasteiger partial charge in [0, 0.05) is 0 Å². The average Bonchev–Trinajstić information content (AvgIpc) is 3.65. The largest absolute Gasteiger partial charge is 0.214 e. The number of hydrogen-bond acceptors (Lipinski definition) is 0. The van der Waals surface area contributed by atoms with Crippen molar-refractivity contribution in [3.63, 3.8) is 0 Å². The molecule has 0 unspecified atom stereocenters. The Morgan fingerprint density at radius 2 is 1.08 bits per heavy atom. The number of hydrogen-bond donors (Lipinski definition) is 0. The molecule has 0 aliphatic carbocycles. The van der Waals surface area contributed by atoms with Crippen molar-refractivity contribution in [3.8, 4) is 0 Å². The van der Waals surface area contributed by atoms with Gasteiger partial charge in [0.2, 0.25) is 0 Å². The smallest absolute Gasteiger partial charge is 0.172 e. The van der Waals surface area contributed by atoms with Gasteiger partial charge in [-0.3, -0.25) is 0 Å². The van der Waals surface area contributed by atoms with E-state index in [2.05, 4.69) is 79.7 Å². The summed E-state index contributed by atoms with van der Waals surface area (Å²) in [6.45, 7) is 2.26. The maximum atomic E-state index is 6.24. The summed E-state index contributed by atoms with van der Waals surface area (Å²) in [7, 11) is 12.5. The summed E-state index contributed by atoms with van der Waals surface area (Å²) in [6.07, 6.45) is 3.73. The Balaban J connectivity index is 0.000000150. The molecule has 0 fully saturated rings. The van der Waals surface area contributed by atoms with Crippen molar-refractivity contribution >= 4 is 41.8 Å². The first-order valence-corrected chi connectivity index (χ1v) is 20.6. The van der Waals surface area contributed by atoms with Gasteiger partial charge in [-0.25, -0.2) is 12.1 Å². The van der Waals surface area contributed by atoms with E-state index in [1.807, 2.05) is 66.7 Å². The Bertz CT molecular complexity index is 1430. The minimum atomic E-state index is -2.44. The van der Waals surface area contributed by atoms with Gasteiger partial charge in [-0.1, -0.05) is 62.6 Å². The zero-order chi connectivity index (χ0) is 26.6. The summed E-state index contributed by atoms with van der Waals surface area (Å²) in [5, 5.41) is 5.72. The van der Waals surface area contributed by atoms with Crippen LogP contribution in [0.2, 0.25) is 0 Å². The van der Waals surface area contributed by atoms with Crippen LogP contribution in [0.15, 0.2) is 140 Å². The Morgan fingerprint density at radius 3 is 1.47 bits per heavy atom. The fourth-order valence-electron chi connectivity index (χ4n) is 4.65. The zero-order valence-corrected chi connectivity index (χ0v) is 25.6. The Morgan fingerprint density at radius 1 is 0.632 bits per heavy atom. The first-order valence-electron chi connectivity index (χ1n) is 13.1. The standard InChI is InChI=1S/C17H17.C13H10.C5H5.2ClH.Zr/c1-2-3-8-13-14-9-4-6-11-16(14)17-12-7-5-10-15(13)17;1-3-7-12(8-4-1)11-13-9-5-2-6-10-13;1-2-4-5-3-1;;;/h4-7,9-12H,2-3,8H2,1H3;1-10H;1-5H;2*1H;/q-1;;-1;;;+2/p-2. The third kappa shape index (κ3) is 7.51. The molecule has 0 spiro atoms. The molecule has 0 aliphatic rings. The maximum Gasteiger partial charge on any atom is -0.172 e. The minimum Gasteiger partial charge on any atom is -0.214 e. The van der Waals surface area contributed by atoms with Crippen LogP contribution in [0.25, 0.3) is 21.5 Å². The molecule has 0 saturated heterocycles. The summed E-state index contributed by atoms with van der Waals surface area (Å²) < 4.78 is 1.15. The molecule has 0 radical (unpaired) electrons. The molecule has 6 aromatic rings. The first kappa shape index (κ1) is 28.4. The molecule has 0 heterocycles. The molecular formula is C35H32Cl2Zr-2. The predicted molar refractivity (Wildman–Crippen MR) is 165 cm³/mol. The van der Waals surface area contributed by atoms with Crippen molar-refractivity contribution in [1.29, 1.82) is 0 Å². The second-order valence-electron chi connectivity index (χ2n) is 9.00. The number of rotatable bonds is 5. The molecule has 3 heteroatoms. The zero-order valence-electron chi connectivity index (χ0n) is 21.7. The SMILES string of the molecule is CCCC[c-]1c2ccccc2c2ccccc21.[Cl][Zr]([Cl])=[C](c1ccccc1)c1ccccc1.c1cc[cH-]c1. The van der Waals surface area contributed by atoms with E-state index in [1.165, 1.54) is 46.4 Å². The quantitative estimate of drug-likeness (QED) is 0.170. The third-order valence-electron chi connectivity index (χ3n) is 6.44. The van der Waals surface area contributed by atoms with E-state index in [4.69, 9.17) is 17.0 Å². The summed E-state index contributed by atoms with van der Waals surface area (Å²) in [4.78, 5) is 0. The monoisotopic (exact) mass is 612 g/mol. The van der Waals surface area contributed by atoms with E-state index in [0.717, 1.165) is 14.3 Å². The van der Waals surface area contributed by atoms with Crippen molar-refractivity contribution in [3.05, 3.63) is 156 Å². The molecule has 38 heavy (non-hydrogen) atoms. The Kier molecular flexibility index (Phi) is 11.3. The molecule has 0 aromatic heterocycles. The topological polar surface area (TPSA) is 0 Å². The average molecular weight is 615 g/mol. The van der Waals surface area contributed by atoms with E-state index in [0.29, 0.717) is 0 Å². The summed E-state index contributed by atoms with van der Waals surface area (Å²) >= 11 is -2.44. The van der Waals surface area contributed by atoms with Gasteiger partial charge in [0.1, 0.15) is 0 Å². The second kappa shape index (κ2) is 15.1. The van der Waals surface area contributed by atoms with Crippen molar-refractivity contribution in [1.82, 2.24) is 0 Å². The predicted octanol–water partition coefficient (Wildman–Crippen LogP) is 10.6. The Hall–Kier alpha value is -2.57. The van der Waals surface area contributed by atoms with Gasteiger partial charge in [-0.05, 0) is 0 Å². The maximum absolute atomic E-state index is 6.24. The van der Waals surface area contributed by atoms with Crippen LogP contribution in [-0.4, -0.2) is 3.21 Å². The van der Waals surface area contributed by atoms with Crippen LogP contribution in [0, 0.1) is 0 Å². The van der Waals surface area contributed by atoms with E-state index in [9.17, 15) is 0 Å². The van der Waals surface area contributed by atoms with E-state index in [-0.39, 0.29) is 0 Å². The molecule has 0 saturated carbocycles. The minimum absolute atomic E-state index is 1.15. The first-order chi connectivity index (χ1) is 18.7. The number of halogens is 2. The van der Waals surface area contributed by atoms with Crippen molar-refractivity contribution < 1.29 is 18.9 Å². The molecule has 6 aromatic carbocycles. The van der Waals surface area contributed by atoms with Gasteiger partial charge >= 0.3 is 111 Å². The Labute approximate surface area is 241 Å². The molecule has 0 atom stereocenters. The van der Waals surface area contributed by atoms with Gasteiger partial charge in [-0.2, -0.15) is 18.2 Å². The number of fused-ring (bicyclic) bond motifs is 3. The van der Waals surface area contributed by atoms with E-state index in [1.54, 1.807) is 0 Å². The van der Waals surface area contributed by atoms with E-state index >= 15 is 0 Å². The number of aryl methyl sites for hydroxylation is 1. The van der Waals surface area contributed by atoms with Crippen LogP contribution in [0.4, 0.5) is 0 Å². The van der Waals surface area contributed by atoms with Crippen LogP contribution in [0.3, 0.4) is 0 Å². The molecule has 0 nitrogen and oxygen atoms in total.